The summed E-state index contributed by atoms with van der Waals surface area (Å²) in [4.78, 5) is 0.299. The standard InChI is InChI=1S/C14H15NO2S.C2H6/c1-12-8-10-13(11-9-12)15(2)18(16,17)14-6-4-3-5-7-14;1-2/h3-11H,1-2H3;1-2H3. The summed E-state index contributed by atoms with van der Waals surface area (Å²) in [5, 5.41) is 0. The molecule has 3 nitrogen and oxygen atoms in total. The largest absolute Gasteiger partial charge is 0.269 e. The van der Waals surface area contributed by atoms with Crippen LogP contribution in [0.1, 0.15) is 19.4 Å². The first-order valence-electron chi connectivity index (χ1n) is 6.62. The Bertz CT molecular complexity index is 619. The molecule has 0 saturated carbocycles. The van der Waals surface area contributed by atoms with Gasteiger partial charge >= 0.3 is 0 Å². The molecule has 0 aromatic heterocycles. The lowest BCUT2D eigenvalue weighted by Crippen LogP contribution is -2.26. The van der Waals surface area contributed by atoms with E-state index in [2.05, 4.69) is 0 Å². The molecule has 0 unspecified atom stereocenters. The van der Waals surface area contributed by atoms with Crippen molar-refractivity contribution in [1.29, 1.82) is 0 Å². The Kier molecular flexibility index (Phi) is 5.77. The fourth-order valence-electron chi connectivity index (χ4n) is 1.64. The lowest BCUT2D eigenvalue weighted by atomic mass is 10.2. The van der Waals surface area contributed by atoms with E-state index in [-0.39, 0.29) is 0 Å². The summed E-state index contributed by atoms with van der Waals surface area (Å²) in [5.74, 6) is 0. The van der Waals surface area contributed by atoms with Crippen LogP contribution in [0.15, 0.2) is 59.5 Å². The Morgan fingerprint density at radius 3 is 1.85 bits per heavy atom. The molecule has 0 radical (unpaired) electrons. The summed E-state index contributed by atoms with van der Waals surface area (Å²) in [5.41, 5.74) is 1.76. The van der Waals surface area contributed by atoms with Crippen LogP contribution >= 0.6 is 0 Å². The number of anilines is 1. The highest BCUT2D eigenvalue weighted by Gasteiger charge is 2.20. The van der Waals surface area contributed by atoms with Crippen molar-refractivity contribution in [3.05, 3.63) is 60.2 Å². The van der Waals surface area contributed by atoms with Gasteiger partial charge in [0.1, 0.15) is 0 Å². The quantitative estimate of drug-likeness (QED) is 0.861. The van der Waals surface area contributed by atoms with Crippen LogP contribution in [-0.4, -0.2) is 15.5 Å². The van der Waals surface area contributed by atoms with Crippen LogP contribution in [0.3, 0.4) is 0 Å². The lowest BCUT2D eigenvalue weighted by molar-refractivity contribution is 0.594. The van der Waals surface area contributed by atoms with Crippen molar-refractivity contribution in [3.63, 3.8) is 0 Å². The van der Waals surface area contributed by atoms with Crippen molar-refractivity contribution < 1.29 is 8.42 Å². The normalized spacial score (nSPS) is 10.4. The van der Waals surface area contributed by atoms with E-state index >= 15 is 0 Å². The van der Waals surface area contributed by atoms with Crippen LogP contribution in [0.5, 0.6) is 0 Å². The maximum Gasteiger partial charge on any atom is 0.264 e. The molecule has 20 heavy (non-hydrogen) atoms. The third-order valence-electron chi connectivity index (χ3n) is 2.80. The number of hydrogen-bond donors (Lipinski definition) is 0. The van der Waals surface area contributed by atoms with Gasteiger partial charge < -0.3 is 0 Å². The third-order valence-corrected chi connectivity index (χ3v) is 4.60. The van der Waals surface area contributed by atoms with Crippen LogP contribution in [0.4, 0.5) is 5.69 Å². The van der Waals surface area contributed by atoms with Gasteiger partial charge in [-0.05, 0) is 31.2 Å². The minimum Gasteiger partial charge on any atom is -0.269 e. The highest BCUT2D eigenvalue weighted by Crippen LogP contribution is 2.21. The zero-order valence-electron chi connectivity index (χ0n) is 12.4. The molecule has 0 fully saturated rings. The van der Waals surface area contributed by atoms with E-state index in [4.69, 9.17) is 0 Å². The topological polar surface area (TPSA) is 37.4 Å². The summed E-state index contributed by atoms with van der Waals surface area (Å²) in [6, 6.07) is 15.8. The second-order valence-electron chi connectivity index (χ2n) is 4.12. The van der Waals surface area contributed by atoms with Crippen molar-refractivity contribution in [2.75, 3.05) is 11.4 Å². The first-order chi connectivity index (χ1) is 9.51. The fourth-order valence-corrected chi connectivity index (χ4v) is 2.86. The Balaban J connectivity index is 0.000000956. The fraction of sp³-hybridized carbons (Fsp3) is 0.250. The number of nitrogens with zero attached hydrogens (tertiary/aromatic N) is 1. The van der Waals surface area contributed by atoms with Gasteiger partial charge in [0.25, 0.3) is 10.0 Å². The van der Waals surface area contributed by atoms with Gasteiger partial charge in [-0.3, -0.25) is 4.31 Å². The van der Waals surface area contributed by atoms with Crippen molar-refractivity contribution >= 4 is 15.7 Å². The van der Waals surface area contributed by atoms with E-state index in [0.29, 0.717) is 10.6 Å². The predicted octanol–water partition coefficient (Wildman–Crippen LogP) is 3.85. The van der Waals surface area contributed by atoms with Gasteiger partial charge in [-0.2, -0.15) is 0 Å². The van der Waals surface area contributed by atoms with Crippen molar-refractivity contribution in [1.82, 2.24) is 0 Å². The molecule has 0 spiro atoms. The molecule has 0 saturated heterocycles. The second kappa shape index (κ2) is 7.10. The number of sulfonamides is 1. The van der Waals surface area contributed by atoms with Crippen LogP contribution in [-0.2, 0) is 10.0 Å². The molecule has 0 aliphatic heterocycles. The van der Waals surface area contributed by atoms with Gasteiger partial charge in [-0.25, -0.2) is 8.42 Å². The Morgan fingerprint density at radius 1 is 0.850 bits per heavy atom. The maximum absolute atomic E-state index is 12.3. The third kappa shape index (κ3) is 3.61. The van der Waals surface area contributed by atoms with Crippen molar-refractivity contribution in [2.24, 2.45) is 0 Å². The van der Waals surface area contributed by atoms with E-state index in [9.17, 15) is 8.42 Å². The smallest absolute Gasteiger partial charge is 0.264 e. The van der Waals surface area contributed by atoms with E-state index in [1.807, 2.05) is 32.9 Å². The molecule has 4 heteroatoms. The molecular weight excluding hydrogens is 270 g/mol. The SMILES string of the molecule is CC.Cc1ccc(N(C)S(=O)(=O)c2ccccc2)cc1. The minimum atomic E-state index is -3.47. The zero-order valence-corrected chi connectivity index (χ0v) is 13.2. The van der Waals surface area contributed by atoms with Gasteiger partial charge in [0.15, 0.2) is 0 Å². The van der Waals surface area contributed by atoms with Gasteiger partial charge in [0.2, 0.25) is 0 Å². The van der Waals surface area contributed by atoms with Gasteiger partial charge in [-0.1, -0.05) is 49.7 Å². The second-order valence-corrected chi connectivity index (χ2v) is 6.09. The molecule has 2 rings (SSSR count). The van der Waals surface area contributed by atoms with Gasteiger partial charge in [0, 0.05) is 7.05 Å². The van der Waals surface area contributed by atoms with Crippen molar-refractivity contribution in [3.8, 4) is 0 Å². The Labute approximate surface area is 121 Å². The highest BCUT2D eigenvalue weighted by molar-refractivity contribution is 7.92. The molecule has 0 bridgehead atoms. The predicted molar refractivity (Wildman–Crippen MR) is 84.6 cm³/mol. The minimum absolute atomic E-state index is 0.299. The van der Waals surface area contributed by atoms with Crippen LogP contribution in [0, 0.1) is 6.92 Å². The molecule has 0 aliphatic rings. The van der Waals surface area contributed by atoms with Crippen LogP contribution < -0.4 is 4.31 Å². The Morgan fingerprint density at radius 2 is 1.35 bits per heavy atom. The number of benzene rings is 2. The average Bonchev–Trinajstić information content (AvgIpc) is 2.50. The molecule has 0 amide bonds. The van der Waals surface area contributed by atoms with Crippen LogP contribution in [0.25, 0.3) is 0 Å². The average molecular weight is 291 g/mol. The van der Waals surface area contributed by atoms with E-state index in [0.717, 1.165) is 5.56 Å². The molecule has 0 aliphatic carbocycles. The molecule has 0 heterocycles. The molecule has 2 aromatic rings. The molecular formula is C16H21NO2S. The summed E-state index contributed by atoms with van der Waals surface area (Å²) < 4.78 is 26.0. The maximum atomic E-state index is 12.3. The summed E-state index contributed by atoms with van der Waals surface area (Å²) in [6.07, 6.45) is 0. The van der Waals surface area contributed by atoms with E-state index < -0.39 is 10.0 Å². The van der Waals surface area contributed by atoms with Gasteiger partial charge in [-0.15, -0.1) is 0 Å². The first-order valence-corrected chi connectivity index (χ1v) is 8.06. The monoisotopic (exact) mass is 291 g/mol. The lowest BCUT2D eigenvalue weighted by Gasteiger charge is -2.19. The van der Waals surface area contributed by atoms with E-state index in [1.54, 1.807) is 49.5 Å². The zero-order chi connectivity index (χ0) is 15.2. The van der Waals surface area contributed by atoms with Gasteiger partial charge in [0.05, 0.1) is 10.6 Å². The van der Waals surface area contributed by atoms with Crippen LogP contribution in [0.2, 0.25) is 0 Å². The molecule has 108 valence electrons. The number of aryl methyl sites for hydroxylation is 1. The molecule has 0 N–H and O–H groups in total. The highest BCUT2D eigenvalue weighted by atomic mass is 32.2. The number of hydrogen-bond acceptors (Lipinski definition) is 2. The number of rotatable bonds is 3. The molecule has 2 aromatic carbocycles. The molecule has 0 atom stereocenters. The summed E-state index contributed by atoms with van der Waals surface area (Å²) in [6.45, 7) is 5.97. The Hall–Kier alpha value is -1.81. The summed E-state index contributed by atoms with van der Waals surface area (Å²) >= 11 is 0. The summed E-state index contributed by atoms with van der Waals surface area (Å²) in [7, 11) is -1.91. The first kappa shape index (κ1) is 16.2. The van der Waals surface area contributed by atoms with Crippen molar-refractivity contribution in [2.45, 2.75) is 25.7 Å². The van der Waals surface area contributed by atoms with E-state index in [1.165, 1.54) is 4.31 Å².